The first-order chi connectivity index (χ1) is 14.8. The lowest BCUT2D eigenvalue weighted by atomic mass is 10.2. The number of rotatable bonds is 9. The maximum Gasteiger partial charge on any atom is 0.334 e. The van der Waals surface area contributed by atoms with Crippen molar-refractivity contribution in [3.63, 3.8) is 0 Å². The van der Waals surface area contributed by atoms with Gasteiger partial charge in [0.1, 0.15) is 6.54 Å². The Bertz CT molecular complexity index is 999. The molecule has 2 heterocycles. The summed E-state index contributed by atoms with van der Waals surface area (Å²) in [5.74, 6) is -2.35. The number of carbonyl (C=O) groups excluding carboxylic acids is 4. The number of urea groups is 1. The minimum Gasteiger partial charge on any atom is -0.350 e. The van der Waals surface area contributed by atoms with E-state index in [1.807, 2.05) is 55.8 Å². The monoisotopic (exact) mass is 425 g/mol. The summed E-state index contributed by atoms with van der Waals surface area (Å²) in [6.45, 7) is 6.25. The van der Waals surface area contributed by atoms with E-state index in [0.717, 1.165) is 33.8 Å². The van der Waals surface area contributed by atoms with Gasteiger partial charge in [-0.2, -0.15) is 5.10 Å². The molecule has 1 aliphatic heterocycles. The number of hydrogen-bond donors (Lipinski definition) is 1. The van der Waals surface area contributed by atoms with Crippen molar-refractivity contribution in [1.82, 2.24) is 24.9 Å². The third-order valence-electron chi connectivity index (χ3n) is 5.34. The number of amides is 5. The second kappa shape index (κ2) is 9.55. The summed E-state index contributed by atoms with van der Waals surface area (Å²) >= 11 is 0. The Morgan fingerprint density at radius 2 is 1.71 bits per heavy atom. The van der Waals surface area contributed by atoms with Gasteiger partial charge in [-0.15, -0.1) is 0 Å². The Morgan fingerprint density at radius 1 is 1.03 bits per heavy atom. The molecule has 0 spiro atoms. The van der Waals surface area contributed by atoms with Crippen LogP contribution in [-0.2, 0) is 27.5 Å². The van der Waals surface area contributed by atoms with E-state index >= 15 is 0 Å². The van der Waals surface area contributed by atoms with Crippen LogP contribution < -0.4 is 5.32 Å². The molecule has 1 saturated heterocycles. The van der Waals surface area contributed by atoms with Crippen LogP contribution in [0.4, 0.5) is 4.79 Å². The lowest BCUT2D eigenvalue weighted by molar-refractivity contribution is -0.144. The van der Waals surface area contributed by atoms with Crippen LogP contribution >= 0.6 is 0 Å². The minimum atomic E-state index is -0.959. The van der Waals surface area contributed by atoms with Gasteiger partial charge >= 0.3 is 17.8 Å². The van der Waals surface area contributed by atoms with Gasteiger partial charge in [-0.1, -0.05) is 43.7 Å². The summed E-state index contributed by atoms with van der Waals surface area (Å²) < 4.78 is 1.88. The van der Waals surface area contributed by atoms with Gasteiger partial charge < -0.3 is 5.32 Å². The van der Waals surface area contributed by atoms with E-state index in [9.17, 15) is 19.2 Å². The molecule has 0 saturated carbocycles. The molecular formula is C22H27N5O4. The summed E-state index contributed by atoms with van der Waals surface area (Å²) in [6, 6.07) is 9.20. The standard InChI is InChI=1S/C22H27N5O4/c1-4-5-11-25-20(29)21(30)26(22(25)31)14-19(28)23-12-18-15(2)24-27(16(18)3)13-17-9-7-6-8-10-17/h6-10H,4-5,11-14H2,1-3H3,(H,23,28). The molecule has 0 radical (unpaired) electrons. The molecule has 0 atom stereocenters. The van der Waals surface area contributed by atoms with E-state index in [4.69, 9.17) is 0 Å². The molecule has 1 N–H and O–H groups in total. The van der Waals surface area contributed by atoms with Crippen molar-refractivity contribution in [1.29, 1.82) is 0 Å². The lowest BCUT2D eigenvalue weighted by Gasteiger charge is -2.15. The van der Waals surface area contributed by atoms with Crippen LogP contribution in [0.15, 0.2) is 30.3 Å². The molecule has 3 rings (SSSR count). The van der Waals surface area contributed by atoms with Crippen molar-refractivity contribution in [2.24, 2.45) is 0 Å². The number of carbonyl (C=O) groups is 4. The molecule has 164 valence electrons. The SMILES string of the molecule is CCCCN1C(=O)C(=O)N(CC(=O)NCc2c(C)nn(Cc3ccccc3)c2C)C1=O. The van der Waals surface area contributed by atoms with Crippen LogP contribution in [0.1, 0.15) is 42.3 Å². The average molecular weight is 425 g/mol. The highest BCUT2D eigenvalue weighted by atomic mass is 16.2. The van der Waals surface area contributed by atoms with Crippen LogP contribution in [0, 0.1) is 13.8 Å². The van der Waals surface area contributed by atoms with E-state index in [2.05, 4.69) is 10.4 Å². The molecule has 0 bridgehead atoms. The Balaban J connectivity index is 1.60. The van der Waals surface area contributed by atoms with Gasteiger partial charge in [-0.05, 0) is 25.8 Å². The van der Waals surface area contributed by atoms with Crippen molar-refractivity contribution in [3.05, 3.63) is 52.8 Å². The Kier molecular flexibility index (Phi) is 6.84. The number of benzene rings is 1. The molecule has 2 aromatic rings. The third-order valence-corrected chi connectivity index (χ3v) is 5.34. The second-order valence-electron chi connectivity index (χ2n) is 7.55. The van der Waals surface area contributed by atoms with Gasteiger partial charge in [0.2, 0.25) is 5.91 Å². The normalized spacial score (nSPS) is 14.0. The fourth-order valence-corrected chi connectivity index (χ4v) is 3.49. The molecule has 1 aromatic carbocycles. The average Bonchev–Trinajstić information content (AvgIpc) is 3.13. The molecule has 0 aliphatic carbocycles. The predicted molar refractivity (Wildman–Crippen MR) is 113 cm³/mol. The second-order valence-corrected chi connectivity index (χ2v) is 7.55. The van der Waals surface area contributed by atoms with E-state index in [1.54, 1.807) is 0 Å². The van der Waals surface area contributed by atoms with Crippen LogP contribution in [-0.4, -0.2) is 56.4 Å². The smallest absolute Gasteiger partial charge is 0.334 e. The van der Waals surface area contributed by atoms with Crippen LogP contribution in [0.3, 0.4) is 0 Å². The Hall–Kier alpha value is -3.49. The van der Waals surface area contributed by atoms with Crippen LogP contribution in [0.5, 0.6) is 0 Å². The van der Waals surface area contributed by atoms with E-state index in [0.29, 0.717) is 17.9 Å². The molecule has 9 nitrogen and oxygen atoms in total. The Morgan fingerprint density at radius 3 is 2.39 bits per heavy atom. The minimum absolute atomic E-state index is 0.178. The molecule has 0 unspecified atom stereocenters. The quantitative estimate of drug-likeness (QED) is 0.487. The zero-order valence-electron chi connectivity index (χ0n) is 18.1. The highest BCUT2D eigenvalue weighted by molar-refractivity contribution is 6.45. The van der Waals surface area contributed by atoms with Gasteiger partial charge in [0, 0.05) is 24.3 Å². The highest BCUT2D eigenvalue weighted by Crippen LogP contribution is 2.16. The molecule has 1 aliphatic rings. The maximum absolute atomic E-state index is 12.4. The molecule has 1 aromatic heterocycles. The van der Waals surface area contributed by atoms with Crippen molar-refractivity contribution in [3.8, 4) is 0 Å². The topological polar surface area (TPSA) is 105 Å². The number of imide groups is 2. The van der Waals surface area contributed by atoms with Gasteiger partial charge in [0.25, 0.3) is 0 Å². The third kappa shape index (κ3) is 4.82. The number of aryl methyl sites for hydroxylation is 1. The van der Waals surface area contributed by atoms with Crippen molar-refractivity contribution >= 4 is 23.8 Å². The first kappa shape index (κ1) is 22.2. The van der Waals surface area contributed by atoms with Gasteiger partial charge in [-0.25, -0.2) is 9.69 Å². The molecule has 9 heteroatoms. The molecule has 5 amide bonds. The fraction of sp³-hybridized carbons (Fsp3) is 0.409. The number of aromatic nitrogens is 2. The summed E-state index contributed by atoms with van der Waals surface area (Å²) in [5.41, 5.74) is 3.72. The zero-order valence-corrected chi connectivity index (χ0v) is 18.1. The largest absolute Gasteiger partial charge is 0.350 e. The fourth-order valence-electron chi connectivity index (χ4n) is 3.49. The summed E-state index contributed by atoms with van der Waals surface area (Å²) in [5, 5.41) is 7.29. The predicted octanol–water partition coefficient (Wildman–Crippen LogP) is 1.76. The molecule has 31 heavy (non-hydrogen) atoms. The lowest BCUT2D eigenvalue weighted by Crippen LogP contribution is -2.41. The summed E-state index contributed by atoms with van der Waals surface area (Å²) in [7, 11) is 0. The van der Waals surface area contributed by atoms with Crippen LogP contribution in [0.25, 0.3) is 0 Å². The summed E-state index contributed by atoms with van der Waals surface area (Å²) in [6.07, 6.45) is 1.39. The number of unbranched alkanes of at least 4 members (excludes halogenated alkanes) is 1. The van der Waals surface area contributed by atoms with Crippen LogP contribution in [0.2, 0.25) is 0 Å². The van der Waals surface area contributed by atoms with E-state index in [1.165, 1.54) is 0 Å². The summed E-state index contributed by atoms with van der Waals surface area (Å²) in [4.78, 5) is 50.5. The van der Waals surface area contributed by atoms with E-state index < -0.39 is 30.3 Å². The van der Waals surface area contributed by atoms with E-state index in [-0.39, 0.29) is 13.1 Å². The number of nitrogens with one attached hydrogen (secondary N) is 1. The first-order valence-electron chi connectivity index (χ1n) is 10.3. The van der Waals surface area contributed by atoms with Crippen molar-refractivity contribution in [2.45, 2.75) is 46.7 Å². The maximum atomic E-state index is 12.4. The van der Waals surface area contributed by atoms with Gasteiger partial charge in [0.05, 0.1) is 12.2 Å². The van der Waals surface area contributed by atoms with Crippen molar-refractivity contribution in [2.75, 3.05) is 13.1 Å². The van der Waals surface area contributed by atoms with Gasteiger partial charge in [0.15, 0.2) is 0 Å². The highest BCUT2D eigenvalue weighted by Gasteiger charge is 2.44. The number of hydrogen-bond acceptors (Lipinski definition) is 5. The first-order valence-corrected chi connectivity index (χ1v) is 10.3. The number of nitrogens with zero attached hydrogens (tertiary/aromatic N) is 4. The molecular weight excluding hydrogens is 398 g/mol. The molecule has 1 fully saturated rings. The Labute approximate surface area is 181 Å². The zero-order chi connectivity index (χ0) is 22.5. The van der Waals surface area contributed by atoms with Crippen molar-refractivity contribution < 1.29 is 19.2 Å². The van der Waals surface area contributed by atoms with Gasteiger partial charge in [-0.3, -0.25) is 24.0 Å².